The Kier molecular flexibility index (Phi) is 4.02. The molecule has 0 spiro atoms. The lowest BCUT2D eigenvalue weighted by molar-refractivity contribution is 0.214. The van der Waals surface area contributed by atoms with E-state index in [1.54, 1.807) is 0 Å². The van der Waals surface area contributed by atoms with Gasteiger partial charge in [0.1, 0.15) is 11.9 Å². The van der Waals surface area contributed by atoms with Crippen LogP contribution in [0.5, 0.6) is 5.75 Å². The third-order valence-electron chi connectivity index (χ3n) is 2.75. The number of halogens is 3. The first-order valence-corrected chi connectivity index (χ1v) is 5.87. The fourth-order valence-electron chi connectivity index (χ4n) is 1.76. The van der Waals surface area contributed by atoms with Crippen LogP contribution < -0.4 is 4.74 Å². The molecule has 5 heteroatoms. The van der Waals surface area contributed by atoms with Crippen LogP contribution in [0.1, 0.15) is 17.2 Å². The minimum Gasteiger partial charge on any atom is -0.494 e. The van der Waals surface area contributed by atoms with E-state index in [9.17, 15) is 13.9 Å². The minimum atomic E-state index is -1.27. The predicted octanol–water partition coefficient (Wildman–Crippen LogP) is 3.71. The summed E-state index contributed by atoms with van der Waals surface area (Å²) in [7, 11) is 1.34. The largest absolute Gasteiger partial charge is 0.494 e. The fraction of sp³-hybridized carbons (Fsp3) is 0.143. The van der Waals surface area contributed by atoms with E-state index < -0.39 is 17.7 Å². The number of hydrogen-bond acceptors (Lipinski definition) is 2. The normalized spacial score (nSPS) is 12.3. The van der Waals surface area contributed by atoms with Gasteiger partial charge < -0.3 is 9.84 Å². The number of rotatable bonds is 3. The van der Waals surface area contributed by atoms with Gasteiger partial charge >= 0.3 is 0 Å². The first-order valence-electron chi connectivity index (χ1n) is 5.49. The van der Waals surface area contributed by atoms with Gasteiger partial charge in [0.15, 0.2) is 11.6 Å². The lowest BCUT2D eigenvalue weighted by atomic mass is 10.0. The molecule has 0 fully saturated rings. The zero-order valence-electron chi connectivity index (χ0n) is 10.0. The molecule has 1 N–H and O–H groups in total. The quantitative estimate of drug-likeness (QED) is 0.931. The summed E-state index contributed by atoms with van der Waals surface area (Å²) in [5.74, 6) is -1.20. The SMILES string of the molecule is COc1ccc(C(O)c2ccc(Cl)cc2F)cc1F. The van der Waals surface area contributed by atoms with Crippen LogP contribution in [-0.4, -0.2) is 12.2 Å². The smallest absolute Gasteiger partial charge is 0.165 e. The summed E-state index contributed by atoms with van der Waals surface area (Å²) in [5, 5.41) is 10.3. The molecule has 0 heterocycles. The first-order chi connectivity index (χ1) is 9.02. The van der Waals surface area contributed by atoms with Gasteiger partial charge in [-0.3, -0.25) is 0 Å². The van der Waals surface area contributed by atoms with Crippen LogP contribution >= 0.6 is 11.6 Å². The van der Waals surface area contributed by atoms with Crippen LogP contribution in [0.2, 0.25) is 5.02 Å². The number of aliphatic hydroxyl groups excluding tert-OH is 1. The minimum absolute atomic E-state index is 0.0361. The number of hydrogen-bond donors (Lipinski definition) is 1. The molecule has 0 aliphatic rings. The van der Waals surface area contributed by atoms with Gasteiger partial charge in [-0.25, -0.2) is 8.78 Å². The molecule has 0 saturated carbocycles. The molecule has 100 valence electrons. The van der Waals surface area contributed by atoms with E-state index in [-0.39, 0.29) is 21.9 Å². The van der Waals surface area contributed by atoms with Crippen molar-refractivity contribution in [1.82, 2.24) is 0 Å². The summed E-state index contributed by atoms with van der Waals surface area (Å²) in [6.45, 7) is 0. The predicted molar refractivity (Wildman–Crippen MR) is 68.4 cm³/mol. The van der Waals surface area contributed by atoms with E-state index in [4.69, 9.17) is 16.3 Å². The Labute approximate surface area is 114 Å². The average Bonchev–Trinajstić information content (AvgIpc) is 2.38. The maximum atomic E-state index is 13.7. The summed E-state index contributed by atoms with van der Waals surface area (Å²) in [6.07, 6.45) is -1.27. The standard InChI is InChI=1S/C14H11ClF2O2/c1-19-13-5-2-8(6-12(13)17)14(18)10-4-3-9(15)7-11(10)16/h2-7,14,18H,1H3. The number of benzene rings is 2. The highest BCUT2D eigenvalue weighted by molar-refractivity contribution is 6.30. The number of ether oxygens (including phenoxy) is 1. The van der Waals surface area contributed by atoms with Crippen molar-refractivity contribution in [3.05, 3.63) is 64.2 Å². The van der Waals surface area contributed by atoms with Gasteiger partial charge in [-0.15, -0.1) is 0 Å². The molecule has 19 heavy (non-hydrogen) atoms. The van der Waals surface area contributed by atoms with Gasteiger partial charge in [0.05, 0.1) is 7.11 Å². The van der Waals surface area contributed by atoms with Crippen LogP contribution in [0, 0.1) is 11.6 Å². The Bertz CT molecular complexity index is 602. The van der Waals surface area contributed by atoms with Crippen LogP contribution in [0.4, 0.5) is 8.78 Å². The monoisotopic (exact) mass is 284 g/mol. The first kappa shape index (κ1) is 13.8. The molecule has 0 aliphatic heterocycles. The maximum Gasteiger partial charge on any atom is 0.165 e. The highest BCUT2D eigenvalue weighted by Gasteiger charge is 2.17. The molecule has 2 rings (SSSR count). The van der Waals surface area contributed by atoms with Crippen LogP contribution in [0.3, 0.4) is 0 Å². The molecule has 0 saturated heterocycles. The van der Waals surface area contributed by atoms with E-state index in [0.717, 1.165) is 12.1 Å². The average molecular weight is 285 g/mol. The third-order valence-corrected chi connectivity index (χ3v) is 2.98. The summed E-state index contributed by atoms with van der Waals surface area (Å²) >= 11 is 5.63. The van der Waals surface area contributed by atoms with E-state index in [1.807, 2.05) is 0 Å². The van der Waals surface area contributed by atoms with E-state index in [1.165, 1.54) is 31.4 Å². The van der Waals surface area contributed by atoms with Crippen molar-refractivity contribution in [2.24, 2.45) is 0 Å². The lowest BCUT2D eigenvalue weighted by Gasteiger charge is -2.13. The van der Waals surface area contributed by atoms with Crippen molar-refractivity contribution in [3.8, 4) is 5.75 Å². The van der Waals surface area contributed by atoms with Gasteiger partial charge in [0.25, 0.3) is 0 Å². The Morgan fingerprint density at radius 3 is 2.42 bits per heavy atom. The molecule has 1 atom stereocenters. The highest BCUT2D eigenvalue weighted by Crippen LogP contribution is 2.28. The number of aliphatic hydroxyl groups is 1. The zero-order valence-corrected chi connectivity index (χ0v) is 10.8. The Morgan fingerprint density at radius 2 is 1.84 bits per heavy atom. The van der Waals surface area contributed by atoms with Crippen molar-refractivity contribution < 1.29 is 18.6 Å². The second-order valence-electron chi connectivity index (χ2n) is 3.96. The molecule has 2 nitrogen and oxygen atoms in total. The fourth-order valence-corrected chi connectivity index (χ4v) is 1.91. The molecule has 0 bridgehead atoms. The van der Waals surface area contributed by atoms with Crippen molar-refractivity contribution in [2.75, 3.05) is 7.11 Å². The topological polar surface area (TPSA) is 29.5 Å². The van der Waals surface area contributed by atoms with Crippen molar-refractivity contribution >= 4 is 11.6 Å². The van der Waals surface area contributed by atoms with Gasteiger partial charge in [0, 0.05) is 10.6 Å². The van der Waals surface area contributed by atoms with Gasteiger partial charge in [0.2, 0.25) is 0 Å². The summed E-state index contributed by atoms with van der Waals surface area (Å²) in [5.41, 5.74) is 0.272. The Balaban J connectivity index is 2.38. The summed E-state index contributed by atoms with van der Waals surface area (Å²) in [6, 6.07) is 7.88. The molecule has 0 radical (unpaired) electrons. The Morgan fingerprint density at radius 1 is 1.11 bits per heavy atom. The van der Waals surface area contributed by atoms with E-state index in [0.29, 0.717) is 0 Å². The molecule has 1 unspecified atom stereocenters. The van der Waals surface area contributed by atoms with Crippen LogP contribution in [0.15, 0.2) is 36.4 Å². The molecule has 2 aromatic carbocycles. The Hall–Kier alpha value is -1.65. The third kappa shape index (κ3) is 2.85. The van der Waals surface area contributed by atoms with Gasteiger partial charge in [-0.1, -0.05) is 23.7 Å². The molecule has 0 aromatic heterocycles. The number of methoxy groups -OCH3 is 1. The molecule has 0 aliphatic carbocycles. The van der Waals surface area contributed by atoms with Crippen molar-refractivity contribution in [1.29, 1.82) is 0 Å². The highest BCUT2D eigenvalue weighted by atomic mass is 35.5. The second-order valence-corrected chi connectivity index (χ2v) is 4.40. The van der Waals surface area contributed by atoms with Crippen LogP contribution in [0.25, 0.3) is 0 Å². The summed E-state index contributed by atoms with van der Waals surface area (Å²) in [4.78, 5) is 0. The van der Waals surface area contributed by atoms with E-state index in [2.05, 4.69) is 0 Å². The molecule has 2 aromatic rings. The maximum absolute atomic E-state index is 13.7. The van der Waals surface area contributed by atoms with Crippen molar-refractivity contribution in [3.63, 3.8) is 0 Å². The summed E-state index contributed by atoms with van der Waals surface area (Å²) < 4.78 is 32.0. The zero-order chi connectivity index (χ0) is 14.0. The molecular formula is C14H11ClF2O2. The van der Waals surface area contributed by atoms with E-state index >= 15 is 0 Å². The lowest BCUT2D eigenvalue weighted by Crippen LogP contribution is -2.03. The van der Waals surface area contributed by atoms with Gasteiger partial charge in [-0.2, -0.15) is 0 Å². The molecule has 0 amide bonds. The molecular weight excluding hydrogens is 274 g/mol. The van der Waals surface area contributed by atoms with Crippen LogP contribution in [-0.2, 0) is 0 Å². The second kappa shape index (κ2) is 5.55. The van der Waals surface area contributed by atoms with Crippen molar-refractivity contribution in [2.45, 2.75) is 6.10 Å². The van der Waals surface area contributed by atoms with Gasteiger partial charge in [-0.05, 0) is 29.8 Å².